The summed E-state index contributed by atoms with van der Waals surface area (Å²) in [5.74, 6) is 2.80. The summed E-state index contributed by atoms with van der Waals surface area (Å²) in [6.07, 6.45) is 0.307. The summed E-state index contributed by atoms with van der Waals surface area (Å²) >= 11 is 0. The van der Waals surface area contributed by atoms with Crippen LogP contribution in [0.3, 0.4) is 0 Å². The number of ether oxygens (including phenoxy) is 2. The van der Waals surface area contributed by atoms with Gasteiger partial charge in [0.2, 0.25) is 0 Å². The van der Waals surface area contributed by atoms with Crippen LogP contribution in [0.5, 0.6) is 11.5 Å². The molecule has 4 heteroatoms. The average molecular weight is 288 g/mol. The molecule has 0 unspecified atom stereocenters. The standard InChI is InChI=1S/C17H20O4/c1-10-11(2)21-12(3)17(10)14(18)8-13-6-7-15(19-4)16(9-13)20-5/h6-7,9H,8H2,1-5H3. The summed E-state index contributed by atoms with van der Waals surface area (Å²) in [7, 11) is 3.17. The van der Waals surface area contributed by atoms with Crippen molar-refractivity contribution in [1.29, 1.82) is 0 Å². The zero-order valence-corrected chi connectivity index (χ0v) is 13.1. The van der Waals surface area contributed by atoms with Crippen molar-refractivity contribution >= 4 is 5.78 Å². The Hall–Kier alpha value is -2.23. The Morgan fingerprint density at radius 1 is 1.05 bits per heavy atom. The summed E-state index contributed by atoms with van der Waals surface area (Å²) in [4.78, 5) is 12.5. The highest BCUT2D eigenvalue weighted by Gasteiger charge is 2.19. The maximum Gasteiger partial charge on any atom is 0.171 e. The van der Waals surface area contributed by atoms with E-state index in [1.54, 1.807) is 14.2 Å². The first-order valence-electron chi connectivity index (χ1n) is 6.78. The molecule has 0 spiro atoms. The molecule has 0 aliphatic heterocycles. The van der Waals surface area contributed by atoms with Crippen LogP contribution in [-0.4, -0.2) is 20.0 Å². The van der Waals surface area contributed by atoms with Crippen molar-refractivity contribution in [1.82, 2.24) is 0 Å². The number of rotatable bonds is 5. The van der Waals surface area contributed by atoms with E-state index in [1.807, 2.05) is 39.0 Å². The topological polar surface area (TPSA) is 48.7 Å². The van der Waals surface area contributed by atoms with Crippen molar-refractivity contribution in [2.24, 2.45) is 0 Å². The molecule has 0 saturated heterocycles. The van der Waals surface area contributed by atoms with Gasteiger partial charge in [0.1, 0.15) is 11.5 Å². The number of hydrogen-bond acceptors (Lipinski definition) is 4. The number of methoxy groups -OCH3 is 2. The fourth-order valence-electron chi connectivity index (χ4n) is 2.47. The maximum absolute atomic E-state index is 12.5. The number of carbonyl (C=O) groups is 1. The van der Waals surface area contributed by atoms with E-state index < -0.39 is 0 Å². The van der Waals surface area contributed by atoms with Crippen molar-refractivity contribution in [2.45, 2.75) is 27.2 Å². The first kappa shape index (κ1) is 15.2. The molecule has 4 nitrogen and oxygen atoms in total. The van der Waals surface area contributed by atoms with Gasteiger partial charge < -0.3 is 13.9 Å². The fraction of sp³-hybridized carbons (Fsp3) is 0.353. The molecule has 21 heavy (non-hydrogen) atoms. The smallest absolute Gasteiger partial charge is 0.171 e. The van der Waals surface area contributed by atoms with Crippen LogP contribution in [0.4, 0.5) is 0 Å². The molecular weight excluding hydrogens is 268 g/mol. The zero-order valence-electron chi connectivity index (χ0n) is 13.1. The summed E-state index contributed by atoms with van der Waals surface area (Å²) in [5.41, 5.74) is 2.48. The van der Waals surface area contributed by atoms with Crippen LogP contribution >= 0.6 is 0 Å². The van der Waals surface area contributed by atoms with E-state index in [9.17, 15) is 4.79 Å². The van der Waals surface area contributed by atoms with Crippen molar-refractivity contribution in [2.75, 3.05) is 14.2 Å². The Kier molecular flexibility index (Phi) is 4.36. The predicted molar refractivity (Wildman–Crippen MR) is 80.5 cm³/mol. The minimum atomic E-state index is 0.0501. The van der Waals surface area contributed by atoms with Crippen molar-refractivity contribution in [3.8, 4) is 11.5 Å². The highest BCUT2D eigenvalue weighted by atomic mass is 16.5. The molecule has 0 fully saturated rings. The number of furan rings is 1. The van der Waals surface area contributed by atoms with E-state index in [0.717, 1.165) is 16.9 Å². The van der Waals surface area contributed by atoms with E-state index in [0.29, 0.717) is 29.2 Å². The van der Waals surface area contributed by atoms with Gasteiger partial charge in [0.25, 0.3) is 0 Å². The largest absolute Gasteiger partial charge is 0.493 e. The lowest BCUT2D eigenvalue weighted by Crippen LogP contribution is -2.06. The normalized spacial score (nSPS) is 10.5. The number of benzene rings is 1. The Bertz CT molecular complexity index is 668. The fourth-order valence-corrected chi connectivity index (χ4v) is 2.47. The van der Waals surface area contributed by atoms with Crippen LogP contribution in [0.1, 0.15) is 33.0 Å². The van der Waals surface area contributed by atoms with Gasteiger partial charge in [0.05, 0.1) is 19.8 Å². The number of Topliss-reactive ketones (excluding diaryl/α,β-unsaturated/α-hetero) is 1. The molecule has 0 amide bonds. The number of ketones is 1. The first-order chi connectivity index (χ1) is 9.97. The molecule has 0 aliphatic rings. The third kappa shape index (κ3) is 2.94. The number of aryl methyl sites for hydroxylation is 2. The van der Waals surface area contributed by atoms with Gasteiger partial charge in [-0.05, 0) is 38.5 Å². The van der Waals surface area contributed by atoms with Crippen molar-refractivity contribution in [3.05, 3.63) is 46.4 Å². The van der Waals surface area contributed by atoms with Gasteiger partial charge >= 0.3 is 0 Å². The van der Waals surface area contributed by atoms with Gasteiger partial charge in [0.15, 0.2) is 17.3 Å². The molecule has 0 N–H and O–H groups in total. The summed E-state index contributed by atoms with van der Waals surface area (Å²) in [6.45, 7) is 5.60. The summed E-state index contributed by atoms with van der Waals surface area (Å²) < 4.78 is 16.0. The highest BCUT2D eigenvalue weighted by Crippen LogP contribution is 2.29. The van der Waals surface area contributed by atoms with Crippen molar-refractivity contribution in [3.63, 3.8) is 0 Å². The third-order valence-corrected chi connectivity index (χ3v) is 3.65. The molecule has 112 valence electrons. The second-order valence-electron chi connectivity index (χ2n) is 5.00. The Morgan fingerprint density at radius 2 is 1.71 bits per heavy atom. The van der Waals surface area contributed by atoms with Gasteiger partial charge in [-0.3, -0.25) is 4.79 Å². The second-order valence-corrected chi connectivity index (χ2v) is 5.00. The number of carbonyl (C=O) groups excluding carboxylic acids is 1. The van der Waals surface area contributed by atoms with Gasteiger partial charge in [-0.15, -0.1) is 0 Å². The Balaban J connectivity index is 2.27. The SMILES string of the molecule is COc1ccc(CC(=O)c2c(C)oc(C)c2C)cc1OC. The number of hydrogen-bond donors (Lipinski definition) is 0. The average Bonchev–Trinajstić information content (AvgIpc) is 2.71. The van der Waals surface area contributed by atoms with Crippen LogP contribution in [0, 0.1) is 20.8 Å². The maximum atomic E-state index is 12.5. The molecule has 0 saturated carbocycles. The van der Waals surface area contributed by atoms with E-state index >= 15 is 0 Å². The monoisotopic (exact) mass is 288 g/mol. The molecule has 2 aromatic rings. The van der Waals surface area contributed by atoms with E-state index in [-0.39, 0.29) is 5.78 Å². The molecule has 1 aromatic carbocycles. The molecule has 1 aromatic heterocycles. The van der Waals surface area contributed by atoms with E-state index in [2.05, 4.69) is 0 Å². The molecule has 0 bridgehead atoms. The Labute approximate surface area is 124 Å². The molecule has 0 radical (unpaired) electrons. The molecule has 1 heterocycles. The van der Waals surface area contributed by atoms with Crippen LogP contribution in [-0.2, 0) is 6.42 Å². The van der Waals surface area contributed by atoms with Crippen molar-refractivity contribution < 1.29 is 18.7 Å². The van der Waals surface area contributed by atoms with Crippen LogP contribution < -0.4 is 9.47 Å². The van der Waals surface area contributed by atoms with E-state index in [1.165, 1.54) is 0 Å². The van der Waals surface area contributed by atoms with Gasteiger partial charge in [0, 0.05) is 12.0 Å². The molecular formula is C17H20O4. The minimum absolute atomic E-state index is 0.0501. The van der Waals surface area contributed by atoms with Gasteiger partial charge in [-0.1, -0.05) is 6.07 Å². The highest BCUT2D eigenvalue weighted by molar-refractivity contribution is 6.00. The Morgan fingerprint density at radius 3 is 2.24 bits per heavy atom. The molecule has 0 aliphatic carbocycles. The first-order valence-corrected chi connectivity index (χ1v) is 6.78. The van der Waals surface area contributed by atoms with Crippen LogP contribution in [0.2, 0.25) is 0 Å². The van der Waals surface area contributed by atoms with Crippen LogP contribution in [0.15, 0.2) is 22.6 Å². The summed E-state index contributed by atoms with van der Waals surface area (Å²) in [5, 5.41) is 0. The van der Waals surface area contributed by atoms with E-state index in [4.69, 9.17) is 13.9 Å². The second kappa shape index (κ2) is 6.04. The lowest BCUT2D eigenvalue weighted by Gasteiger charge is -2.09. The van der Waals surface area contributed by atoms with Gasteiger partial charge in [-0.25, -0.2) is 0 Å². The predicted octanol–water partition coefficient (Wildman–Crippen LogP) is 3.65. The third-order valence-electron chi connectivity index (χ3n) is 3.65. The minimum Gasteiger partial charge on any atom is -0.493 e. The lowest BCUT2D eigenvalue weighted by molar-refractivity contribution is 0.0991. The zero-order chi connectivity index (χ0) is 15.6. The summed E-state index contributed by atoms with van der Waals surface area (Å²) in [6, 6.07) is 5.51. The molecule has 0 atom stereocenters. The quantitative estimate of drug-likeness (QED) is 0.788. The molecule has 2 rings (SSSR count). The lowest BCUT2D eigenvalue weighted by atomic mass is 9.99. The van der Waals surface area contributed by atoms with Gasteiger partial charge in [-0.2, -0.15) is 0 Å². The van der Waals surface area contributed by atoms with Crippen LogP contribution in [0.25, 0.3) is 0 Å².